The van der Waals surface area contributed by atoms with Crippen molar-refractivity contribution in [3.63, 3.8) is 0 Å². The standard InChI is InChI=1S/C18H16N2O2.C7H8.ClH/c19-13-4-8-15(9-5-13)21-17-2-1-3-18(12-17)22-16-10-6-14(20)7-11-16;1-7-5-3-2-4-6-7;/h1-12H,19-20H2;2-6H,1H3;1H. The summed E-state index contributed by atoms with van der Waals surface area (Å²) in [5.74, 6) is 2.83. The fraction of sp³-hybridized carbons (Fsp3) is 0.0400. The average Bonchev–Trinajstić information content (AvgIpc) is 2.73. The van der Waals surface area contributed by atoms with Crippen molar-refractivity contribution in [1.29, 1.82) is 0 Å². The van der Waals surface area contributed by atoms with Crippen molar-refractivity contribution in [1.82, 2.24) is 0 Å². The van der Waals surface area contributed by atoms with Gasteiger partial charge >= 0.3 is 0 Å². The van der Waals surface area contributed by atoms with Gasteiger partial charge in [0.25, 0.3) is 0 Å². The number of rotatable bonds is 4. The molecule has 0 spiro atoms. The van der Waals surface area contributed by atoms with Gasteiger partial charge in [-0.1, -0.05) is 42.0 Å². The fourth-order valence-corrected chi connectivity index (χ4v) is 2.48. The first kappa shape index (κ1) is 22.7. The van der Waals surface area contributed by atoms with E-state index in [1.807, 2.05) is 66.7 Å². The van der Waals surface area contributed by atoms with Crippen molar-refractivity contribution in [2.75, 3.05) is 11.5 Å². The van der Waals surface area contributed by atoms with E-state index in [2.05, 4.69) is 19.1 Å². The van der Waals surface area contributed by atoms with Gasteiger partial charge in [-0.25, -0.2) is 0 Å². The molecule has 0 radical (unpaired) electrons. The van der Waals surface area contributed by atoms with Crippen LogP contribution in [0.3, 0.4) is 0 Å². The molecule has 0 aliphatic carbocycles. The summed E-state index contributed by atoms with van der Waals surface area (Å²) in [6.45, 7) is 2.08. The van der Waals surface area contributed by atoms with Crippen LogP contribution in [0, 0.1) is 6.92 Å². The second-order valence-corrected chi connectivity index (χ2v) is 6.47. The van der Waals surface area contributed by atoms with Crippen molar-refractivity contribution in [3.8, 4) is 23.0 Å². The van der Waals surface area contributed by atoms with Crippen LogP contribution < -0.4 is 20.9 Å². The van der Waals surface area contributed by atoms with Crippen LogP contribution >= 0.6 is 12.4 Å². The van der Waals surface area contributed by atoms with E-state index in [1.165, 1.54) is 5.56 Å². The Morgan fingerprint density at radius 2 is 0.933 bits per heavy atom. The van der Waals surface area contributed by atoms with Crippen LogP contribution in [0.2, 0.25) is 0 Å². The molecule has 4 aromatic carbocycles. The number of benzene rings is 4. The zero-order valence-electron chi connectivity index (χ0n) is 16.7. The van der Waals surface area contributed by atoms with Crippen LogP contribution in [-0.4, -0.2) is 0 Å². The molecule has 0 saturated carbocycles. The van der Waals surface area contributed by atoms with Crippen LogP contribution in [0.25, 0.3) is 0 Å². The Balaban J connectivity index is 0.000000341. The molecule has 30 heavy (non-hydrogen) atoms. The number of aryl methyl sites for hydroxylation is 1. The van der Waals surface area contributed by atoms with Crippen LogP contribution in [0.5, 0.6) is 23.0 Å². The van der Waals surface area contributed by atoms with Gasteiger partial charge in [-0.15, -0.1) is 12.4 Å². The number of hydrogen-bond donors (Lipinski definition) is 2. The summed E-state index contributed by atoms with van der Waals surface area (Å²) in [6, 6.07) is 32.2. The van der Waals surface area contributed by atoms with Crippen LogP contribution in [0.4, 0.5) is 11.4 Å². The van der Waals surface area contributed by atoms with Gasteiger partial charge in [0.1, 0.15) is 23.0 Å². The first-order valence-electron chi connectivity index (χ1n) is 9.27. The smallest absolute Gasteiger partial charge is 0.131 e. The molecule has 0 atom stereocenters. The molecule has 4 aromatic rings. The highest BCUT2D eigenvalue weighted by molar-refractivity contribution is 5.85. The van der Waals surface area contributed by atoms with E-state index in [0.717, 1.165) is 11.5 Å². The monoisotopic (exact) mass is 420 g/mol. The van der Waals surface area contributed by atoms with Gasteiger partial charge < -0.3 is 20.9 Å². The van der Waals surface area contributed by atoms with E-state index in [9.17, 15) is 0 Å². The summed E-state index contributed by atoms with van der Waals surface area (Å²) in [5, 5.41) is 0. The lowest BCUT2D eigenvalue weighted by Crippen LogP contribution is -1.89. The molecule has 4 N–H and O–H groups in total. The molecule has 0 aliphatic heterocycles. The Hall–Kier alpha value is -3.63. The van der Waals surface area contributed by atoms with Crippen LogP contribution in [-0.2, 0) is 0 Å². The van der Waals surface area contributed by atoms with Gasteiger partial charge in [0.15, 0.2) is 0 Å². The molecule has 0 heterocycles. The third-order valence-corrected chi connectivity index (χ3v) is 3.98. The maximum atomic E-state index is 5.78. The highest BCUT2D eigenvalue weighted by atomic mass is 35.5. The Kier molecular flexibility index (Phi) is 8.60. The maximum absolute atomic E-state index is 5.78. The largest absolute Gasteiger partial charge is 0.457 e. The highest BCUT2D eigenvalue weighted by Crippen LogP contribution is 2.28. The molecule has 4 nitrogen and oxygen atoms in total. The summed E-state index contributed by atoms with van der Waals surface area (Å²) in [4.78, 5) is 0. The number of nitrogens with two attached hydrogens (primary N) is 2. The summed E-state index contributed by atoms with van der Waals surface area (Å²) >= 11 is 0. The van der Waals surface area contributed by atoms with Gasteiger partial charge in [0.2, 0.25) is 0 Å². The van der Waals surface area contributed by atoms with Crippen molar-refractivity contribution in [3.05, 3.63) is 109 Å². The fourth-order valence-electron chi connectivity index (χ4n) is 2.48. The predicted molar refractivity (Wildman–Crippen MR) is 127 cm³/mol. The Morgan fingerprint density at radius 1 is 0.500 bits per heavy atom. The predicted octanol–water partition coefficient (Wildman–Crippen LogP) is 6.85. The van der Waals surface area contributed by atoms with Crippen molar-refractivity contribution in [2.45, 2.75) is 6.92 Å². The van der Waals surface area contributed by atoms with Gasteiger partial charge in [-0.2, -0.15) is 0 Å². The third-order valence-electron chi connectivity index (χ3n) is 3.98. The van der Waals surface area contributed by atoms with Crippen molar-refractivity contribution in [2.24, 2.45) is 0 Å². The number of anilines is 2. The first-order chi connectivity index (χ1) is 14.1. The van der Waals surface area contributed by atoms with Crippen molar-refractivity contribution >= 4 is 23.8 Å². The first-order valence-corrected chi connectivity index (χ1v) is 9.27. The molecule has 0 aromatic heterocycles. The van der Waals surface area contributed by atoms with Gasteiger partial charge in [0, 0.05) is 17.4 Å². The molecule has 4 rings (SSSR count). The topological polar surface area (TPSA) is 70.5 Å². The van der Waals surface area contributed by atoms with Gasteiger partial charge in [0.05, 0.1) is 0 Å². The Bertz CT molecular complexity index is 958. The lowest BCUT2D eigenvalue weighted by Gasteiger charge is -2.09. The molecule has 0 aliphatic rings. The molecular weight excluding hydrogens is 396 g/mol. The average molecular weight is 421 g/mol. The summed E-state index contributed by atoms with van der Waals surface area (Å²) in [6.07, 6.45) is 0. The zero-order chi connectivity index (χ0) is 20.5. The molecule has 5 heteroatoms. The molecule has 0 bridgehead atoms. The van der Waals surface area contributed by atoms with E-state index in [-0.39, 0.29) is 12.4 Å². The van der Waals surface area contributed by atoms with E-state index in [4.69, 9.17) is 20.9 Å². The van der Waals surface area contributed by atoms with Crippen molar-refractivity contribution < 1.29 is 9.47 Å². The van der Waals surface area contributed by atoms with Crippen LogP contribution in [0.15, 0.2) is 103 Å². The lowest BCUT2D eigenvalue weighted by atomic mass is 10.2. The minimum absolute atomic E-state index is 0. The number of halogens is 1. The van der Waals surface area contributed by atoms with E-state index >= 15 is 0 Å². The van der Waals surface area contributed by atoms with Gasteiger partial charge in [-0.3, -0.25) is 0 Å². The third kappa shape index (κ3) is 7.41. The zero-order valence-corrected chi connectivity index (χ0v) is 17.5. The number of hydrogen-bond acceptors (Lipinski definition) is 4. The minimum Gasteiger partial charge on any atom is -0.457 e. The SMILES string of the molecule is Cc1ccccc1.Cl.Nc1ccc(Oc2cccc(Oc3ccc(N)cc3)c2)cc1. The summed E-state index contributed by atoms with van der Waals surface area (Å²) in [5.41, 5.74) is 14.0. The molecule has 0 fully saturated rings. The Labute approximate surface area is 183 Å². The number of nitrogen functional groups attached to an aromatic ring is 2. The molecule has 0 unspecified atom stereocenters. The van der Waals surface area contributed by atoms with E-state index in [1.54, 1.807) is 24.3 Å². The lowest BCUT2D eigenvalue weighted by molar-refractivity contribution is 0.460. The van der Waals surface area contributed by atoms with E-state index < -0.39 is 0 Å². The molecule has 0 amide bonds. The normalized spacial score (nSPS) is 9.50. The maximum Gasteiger partial charge on any atom is 0.131 e. The summed E-state index contributed by atoms with van der Waals surface area (Å²) < 4.78 is 11.6. The van der Waals surface area contributed by atoms with Gasteiger partial charge in [-0.05, 0) is 67.6 Å². The molecule has 154 valence electrons. The summed E-state index contributed by atoms with van der Waals surface area (Å²) in [7, 11) is 0. The second-order valence-electron chi connectivity index (χ2n) is 6.47. The van der Waals surface area contributed by atoms with E-state index in [0.29, 0.717) is 22.9 Å². The minimum atomic E-state index is 0. The Morgan fingerprint density at radius 3 is 1.30 bits per heavy atom. The molecule has 0 saturated heterocycles. The highest BCUT2D eigenvalue weighted by Gasteiger charge is 2.02. The van der Waals surface area contributed by atoms with Crippen LogP contribution in [0.1, 0.15) is 5.56 Å². The molecular formula is C25H25ClN2O2. The second kappa shape index (κ2) is 11.4. The number of ether oxygens (including phenoxy) is 2. The quantitative estimate of drug-likeness (QED) is 0.354.